The van der Waals surface area contributed by atoms with E-state index in [1.807, 2.05) is 0 Å². The van der Waals surface area contributed by atoms with Crippen molar-refractivity contribution in [2.24, 2.45) is 5.92 Å². The summed E-state index contributed by atoms with van der Waals surface area (Å²) < 4.78 is 18.6. The molecule has 2 saturated heterocycles. The molecule has 120 valence electrons. The van der Waals surface area contributed by atoms with Crippen LogP contribution in [0.5, 0.6) is 0 Å². The molecule has 0 radical (unpaired) electrons. The molecule has 0 aliphatic carbocycles. The van der Waals surface area contributed by atoms with Crippen molar-refractivity contribution in [2.45, 2.75) is 18.9 Å². The van der Waals surface area contributed by atoms with E-state index >= 15 is 0 Å². The Balaban J connectivity index is 1.44. The van der Waals surface area contributed by atoms with Crippen molar-refractivity contribution in [1.82, 2.24) is 10.2 Å². The fraction of sp³-hybridized carbons (Fsp3) is 0.389. The molecule has 2 aliphatic heterocycles. The van der Waals surface area contributed by atoms with Crippen LogP contribution < -0.4 is 5.32 Å². The largest absolute Gasteiger partial charge is 0.451 e. The molecule has 1 aromatic heterocycles. The molecular formula is C18H19FN2O2. The molecule has 0 saturated carbocycles. The summed E-state index contributed by atoms with van der Waals surface area (Å²) in [6.45, 7) is 3.24. The van der Waals surface area contributed by atoms with E-state index < -0.39 is 0 Å². The molecule has 1 N–H and O–H groups in total. The summed E-state index contributed by atoms with van der Waals surface area (Å²) >= 11 is 0. The summed E-state index contributed by atoms with van der Waals surface area (Å²) in [6.07, 6.45) is 2.29. The van der Waals surface area contributed by atoms with Crippen LogP contribution in [-0.4, -0.2) is 36.5 Å². The summed E-state index contributed by atoms with van der Waals surface area (Å²) in [5.41, 5.74) is 0.757. The zero-order chi connectivity index (χ0) is 15.8. The van der Waals surface area contributed by atoms with Crippen LogP contribution in [0.25, 0.3) is 11.3 Å². The maximum absolute atomic E-state index is 13.0. The lowest BCUT2D eigenvalue weighted by molar-refractivity contribution is 0.0882. The van der Waals surface area contributed by atoms with E-state index in [9.17, 15) is 9.18 Å². The second kappa shape index (κ2) is 5.81. The van der Waals surface area contributed by atoms with Crippen LogP contribution >= 0.6 is 0 Å². The van der Waals surface area contributed by atoms with Crippen molar-refractivity contribution < 1.29 is 13.6 Å². The van der Waals surface area contributed by atoms with E-state index in [1.165, 1.54) is 25.1 Å². The number of carbonyl (C=O) groups excluding carboxylic acids is 1. The van der Waals surface area contributed by atoms with Crippen molar-refractivity contribution in [3.8, 4) is 11.3 Å². The Morgan fingerprint density at radius 2 is 2.00 bits per heavy atom. The second-order valence-corrected chi connectivity index (χ2v) is 6.49. The lowest BCUT2D eigenvalue weighted by Gasteiger charge is -2.30. The van der Waals surface area contributed by atoms with E-state index in [0.717, 1.165) is 25.1 Å². The molecule has 23 heavy (non-hydrogen) atoms. The third kappa shape index (κ3) is 3.01. The third-order valence-electron chi connectivity index (χ3n) is 4.76. The monoisotopic (exact) mass is 314 g/mol. The highest BCUT2D eigenvalue weighted by Gasteiger charge is 2.33. The average molecular weight is 314 g/mol. The Hall–Kier alpha value is -2.14. The molecule has 2 fully saturated rings. The third-order valence-corrected chi connectivity index (χ3v) is 4.76. The maximum atomic E-state index is 13.0. The molecule has 0 spiro atoms. The van der Waals surface area contributed by atoms with E-state index in [4.69, 9.17) is 4.42 Å². The van der Waals surface area contributed by atoms with Gasteiger partial charge in [0.2, 0.25) is 0 Å². The minimum Gasteiger partial charge on any atom is -0.451 e. The van der Waals surface area contributed by atoms with Crippen LogP contribution in [0.2, 0.25) is 0 Å². The lowest BCUT2D eigenvalue weighted by atomic mass is 9.97. The molecule has 2 bridgehead atoms. The van der Waals surface area contributed by atoms with Crippen molar-refractivity contribution >= 4 is 5.91 Å². The predicted molar refractivity (Wildman–Crippen MR) is 84.5 cm³/mol. The van der Waals surface area contributed by atoms with E-state index in [-0.39, 0.29) is 17.8 Å². The molecule has 2 aromatic rings. The van der Waals surface area contributed by atoms with Crippen molar-refractivity contribution in [3.05, 3.63) is 48.0 Å². The van der Waals surface area contributed by atoms with Gasteiger partial charge in [0.05, 0.1) is 0 Å². The minimum absolute atomic E-state index is 0.175. The highest BCUT2D eigenvalue weighted by atomic mass is 19.1. The molecule has 3 atom stereocenters. The Morgan fingerprint density at radius 3 is 2.78 bits per heavy atom. The summed E-state index contributed by atoms with van der Waals surface area (Å²) in [5.74, 6) is 1.12. The molecule has 5 heteroatoms. The topological polar surface area (TPSA) is 45.5 Å². The van der Waals surface area contributed by atoms with Crippen LogP contribution in [0.3, 0.4) is 0 Å². The summed E-state index contributed by atoms with van der Waals surface area (Å²) in [6, 6.07) is 9.66. The maximum Gasteiger partial charge on any atom is 0.287 e. The number of nitrogens with zero attached hydrogens (tertiary/aromatic N) is 1. The van der Waals surface area contributed by atoms with E-state index in [2.05, 4.69) is 10.2 Å². The second-order valence-electron chi connectivity index (χ2n) is 6.49. The van der Waals surface area contributed by atoms with Crippen LogP contribution in [0.15, 0.2) is 40.8 Å². The molecule has 4 rings (SSSR count). The number of hydrogen-bond donors (Lipinski definition) is 1. The number of benzene rings is 1. The van der Waals surface area contributed by atoms with Crippen LogP contribution in [0.1, 0.15) is 23.4 Å². The van der Waals surface area contributed by atoms with Crippen LogP contribution in [-0.2, 0) is 0 Å². The average Bonchev–Trinajstić information content (AvgIpc) is 3.15. The summed E-state index contributed by atoms with van der Waals surface area (Å²) in [5, 5.41) is 3.08. The number of amides is 1. The first-order chi connectivity index (χ1) is 11.2. The fourth-order valence-corrected chi connectivity index (χ4v) is 3.65. The van der Waals surface area contributed by atoms with Gasteiger partial charge < -0.3 is 14.6 Å². The van der Waals surface area contributed by atoms with Crippen molar-refractivity contribution in [1.29, 1.82) is 0 Å². The Labute approximate surface area is 134 Å². The molecule has 1 amide bonds. The smallest absolute Gasteiger partial charge is 0.287 e. The number of piperidine rings is 1. The van der Waals surface area contributed by atoms with E-state index in [1.54, 1.807) is 24.3 Å². The van der Waals surface area contributed by atoms with Gasteiger partial charge in [-0.1, -0.05) is 0 Å². The summed E-state index contributed by atoms with van der Waals surface area (Å²) in [7, 11) is 0. The van der Waals surface area contributed by atoms with E-state index in [0.29, 0.717) is 17.4 Å². The van der Waals surface area contributed by atoms with Gasteiger partial charge in [0.1, 0.15) is 11.6 Å². The van der Waals surface area contributed by atoms with Gasteiger partial charge in [0, 0.05) is 24.7 Å². The van der Waals surface area contributed by atoms with Gasteiger partial charge in [-0.3, -0.25) is 4.79 Å². The van der Waals surface area contributed by atoms with Gasteiger partial charge in [0.15, 0.2) is 5.76 Å². The first kappa shape index (κ1) is 14.5. The van der Waals surface area contributed by atoms with Crippen LogP contribution in [0, 0.1) is 11.7 Å². The zero-order valence-corrected chi connectivity index (χ0v) is 12.8. The minimum atomic E-state index is -0.291. The zero-order valence-electron chi connectivity index (χ0n) is 12.8. The van der Waals surface area contributed by atoms with Crippen molar-refractivity contribution in [2.75, 3.05) is 19.6 Å². The van der Waals surface area contributed by atoms with Crippen LogP contribution in [0.4, 0.5) is 4.39 Å². The van der Waals surface area contributed by atoms with Gasteiger partial charge in [-0.2, -0.15) is 0 Å². The highest BCUT2D eigenvalue weighted by Crippen LogP contribution is 2.27. The van der Waals surface area contributed by atoms with Gasteiger partial charge >= 0.3 is 0 Å². The number of hydrogen-bond acceptors (Lipinski definition) is 3. The molecular weight excluding hydrogens is 295 g/mol. The van der Waals surface area contributed by atoms with Gasteiger partial charge in [0.25, 0.3) is 5.91 Å². The lowest BCUT2D eigenvalue weighted by Crippen LogP contribution is -2.46. The Kier molecular flexibility index (Phi) is 3.65. The molecule has 3 heterocycles. The number of furan rings is 1. The predicted octanol–water partition coefficient (Wildman–Crippen LogP) is 2.91. The highest BCUT2D eigenvalue weighted by molar-refractivity contribution is 5.92. The first-order valence-corrected chi connectivity index (χ1v) is 8.06. The Morgan fingerprint density at radius 1 is 1.17 bits per heavy atom. The molecule has 4 nitrogen and oxygen atoms in total. The number of nitrogens with one attached hydrogen (secondary N) is 1. The molecule has 1 aromatic carbocycles. The summed E-state index contributed by atoms with van der Waals surface area (Å²) in [4.78, 5) is 14.8. The normalized spacial score (nSPS) is 26.2. The number of halogens is 1. The molecule has 2 aliphatic rings. The van der Waals surface area contributed by atoms with Gasteiger partial charge in [-0.15, -0.1) is 0 Å². The SMILES string of the molecule is O=C(N[C@@H]1C[C@@H]2CCN(C2)C1)c1ccc(-c2ccc(F)cc2)o1. The fourth-order valence-electron chi connectivity index (χ4n) is 3.65. The standard InChI is InChI=1S/C18H19FN2O2/c19-14-3-1-13(2-4-14)16-5-6-17(23-16)18(22)20-15-9-12-7-8-21(10-12)11-15/h1-6,12,15H,7-11H2,(H,20,22)/t12-,15+/m0/s1. The number of fused-ring (bicyclic) bond motifs is 2. The quantitative estimate of drug-likeness (QED) is 0.947. The number of carbonyl (C=O) groups is 1. The Bertz CT molecular complexity index is 698. The first-order valence-electron chi connectivity index (χ1n) is 8.06. The van der Waals surface area contributed by atoms with Gasteiger partial charge in [-0.25, -0.2) is 4.39 Å². The van der Waals surface area contributed by atoms with Crippen molar-refractivity contribution in [3.63, 3.8) is 0 Å². The van der Waals surface area contributed by atoms with Gasteiger partial charge in [-0.05, 0) is 61.7 Å². The molecule has 1 unspecified atom stereocenters. The number of rotatable bonds is 3.